The first-order chi connectivity index (χ1) is 7.52. The van der Waals surface area contributed by atoms with Gasteiger partial charge in [-0.25, -0.2) is 0 Å². The highest BCUT2D eigenvalue weighted by Crippen LogP contribution is 2.29. The molecule has 0 N–H and O–H groups in total. The highest BCUT2D eigenvalue weighted by Gasteiger charge is 2.15. The van der Waals surface area contributed by atoms with E-state index in [0.29, 0.717) is 11.6 Å². The van der Waals surface area contributed by atoms with Crippen LogP contribution >= 0.6 is 39.3 Å². The maximum atomic E-state index is 11.4. The number of ether oxygens (including phenoxy) is 1. The van der Waals surface area contributed by atoms with E-state index in [1.165, 1.54) is 11.8 Å². The molecule has 88 valence electrons. The summed E-state index contributed by atoms with van der Waals surface area (Å²) >= 11 is 10.7. The van der Waals surface area contributed by atoms with Crippen molar-refractivity contribution in [3.8, 4) is 0 Å². The topological polar surface area (TPSA) is 26.3 Å². The normalized spacial score (nSPS) is 12.2. The first-order valence-electron chi connectivity index (χ1n) is 4.82. The van der Waals surface area contributed by atoms with Crippen molar-refractivity contribution >= 4 is 45.3 Å². The molecule has 0 fully saturated rings. The number of rotatable bonds is 4. The van der Waals surface area contributed by atoms with Crippen molar-refractivity contribution in [1.82, 2.24) is 0 Å². The van der Waals surface area contributed by atoms with Crippen molar-refractivity contribution < 1.29 is 9.53 Å². The largest absolute Gasteiger partial charge is 0.465 e. The third-order valence-corrected chi connectivity index (χ3v) is 3.50. The van der Waals surface area contributed by atoms with Gasteiger partial charge in [0.1, 0.15) is 5.25 Å². The van der Waals surface area contributed by atoms with Crippen molar-refractivity contribution in [2.24, 2.45) is 0 Å². The van der Waals surface area contributed by atoms with Crippen LogP contribution < -0.4 is 0 Å². The zero-order valence-electron chi connectivity index (χ0n) is 9.00. The van der Waals surface area contributed by atoms with E-state index in [1.54, 1.807) is 13.0 Å². The molecule has 5 heteroatoms. The molecule has 2 nitrogen and oxygen atoms in total. The quantitative estimate of drug-likeness (QED) is 0.615. The van der Waals surface area contributed by atoms with Crippen LogP contribution in [0.4, 0.5) is 0 Å². The summed E-state index contributed by atoms with van der Waals surface area (Å²) in [4.78, 5) is 12.4. The fourth-order valence-electron chi connectivity index (χ4n) is 1.11. The molecule has 0 aliphatic heterocycles. The third kappa shape index (κ3) is 4.36. The lowest BCUT2D eigenvalue weighted by molar-refractivity contribution is -0.142. The molecular weight excluding hydrogens is 312 g/mol. The molecule has 1 atom stereocenters. The Bertz CT molecular complexity index is 364. The van der Waals surface area contributed by atoms with E-state index >= 15 is 0 Å². The van der Waals surface area contributed by atoms with Crippen LogP contribution in [0, 0.1) is 0 Å². The average molecular weight is 324 g/mol. The van der Waals surface area contributed by atoms with Gasteiger partial charge in [0.25, 0.3) is 0 Å². The Morgan fingerprint density at radius 3 is 2.81 bits per heavy atom. The molecule has 1 rings (SSSR count). The Kier molecular flexibility index (Phi) is 5.66. The maximum absolute atomic E-state index is 11.4. The van der Waals surface area contributed by atoms with Gasteiger partial charge in [0, 0.05) is 14.4 Å². The minimum Gasteiger partial charge on any atom is -0.465 e. The summed E-state index contributed by atoms with van der Waals surface area (Å²) in [5, 5.41) is 0.415. The Balaban J connectivity index is 2.69. The number of esters is 1. The SMILES string of the molecule is CCOC(=O)C(C)Sc1cc(Cl)cc(Br)c1. The molecule has 1 aromatic carbocycles. The highest BCUT2D eigenvalue weighted by molar-refractivity contribution is 9.10. The molecule has 0 heterocycles. The van der Waals surface area contributed by atoms with Gasteiger partial charge in [-0.3, -0.25) is 4.79 Å². The van der Waals surface area contributed by atoms with Crippen LogP contribution in [-0.2, 0) is 9.53 Å². The molecule has 0 radical (unpaired) electrons. The first kappa shape index (κ1) is 13.9. The first-order valence-corrected chi connectivity index (χ1v) is 6.87. The monoisotopic (exact) mass is 322 g/mol. The third-order valence-electron chi connectivity index (χ3n) is 1.77. The van der Waals surface area contributed by atoms with E-state index in [-0.39, 0.29) is 11.2 Å². The highest BCUT2D eigenvalue weighted by atomic mass is 79.9. The van der Waals surface area contributed by atoms with Crippen LogP contribution in [0.2, 0.25) is 5.02 Å². The van der Waals surface area contributed by atoms with E-state index in [1.807, 2.05) is 19.1 Å². The van der Waals surface area contributed by atoms with Crippen LogP contribution in [-0.4, -0.2) is 17.8 Å². The Labute approximate surface area is 113 Å². The van der Waals surface area contributed by atoms with Gasteiger partial charge in [-0.05, 0) is 32.0 Å². The van der Waals surface area contributed by atoms with E-state index in [0.717, 1.165) is 9.37 Å². The van der Waals surface area contributed by atoms with Gasteiger partial charge >= 0.3 is 5.97 Å². The Morgan fingerprint density at radius 2 is 2.25 bits per heavy atom. The molecule has 0 bridgehead atoms. The Morgan fingerprint density at radius 1 is 1.56 bits per heavy atom. The lowest BCUT2D eigenvalue weighted by atomic mass is 10.4. The smallest absolute Gasteiger partial charge is 0.319 e. The van der Waals surface area contributed by atoms with Crippen molar-refractivity contribution in [2.75, 3.05) is 6.61 Å². The number of halogens is 2. The van der Waals surface area contributed by atoms with Gasteiger partial charge in [-0.15, -0.1) is 11.8 Å². The summed E-state index contributed by atoms with van der Waals surface area (Å²) in [6, 6.07) is 5.56. The van der Waals surface area contributed by atoms with Crippen LogP contribution in [0.3, 0.4) is 0 Å². The minimum absolute atomic E-state index is 0.205. The summed E-state index contributed by atoms with van der Waals surface area (Å²) in [5.41, 5.74) is 0. The van der Waals surface area contributed by atoms with E-state index in [4.69, 9.17) is 16.3 Å². The number of hydrogen-bond acceptors (Lipinski definition) is 3. The molecule has 0 amide bonds. The second-order valence-corrected chi connectivity index (χ2v) is 5.88. The van der Waals surface area contributed by atoms with Gasteiger partial charge in [0.15, 0.2) is 0 Å². The van der Waals surface area contributed by atoms with Crippen LogP contribution in [0.15, 0.2) is 27.6 Å². The van der Waals surface area contributed by atoms with Gasteiger partial charge < -0.3 is 4.74 Å². The molecule has 0 saturated carbocycles. The molecule has 0 aliphatic carbocycles. The molecule has 1 unspecified atom stereocenters. The van der Waals surface area contributed by atoms with Gasteiger partial charge in [-0.1, -0.05) is 27.5 Å². The fraction of sp³-hybridized carbons (Fsp3) is 0.364. The van der Waals surface area contributed by atoms with Gasteiger partial charge in [0.2, 0.25) is 0 Å². The van der Waals surface area contributed by atoms with Gasteiger partial charge in [0.05, 0.1) is 6.61 Å². The lowest BCUT2D eigenvalue weighted by Gasteiger charge is -2.10. The predicted octanol–water partition coefficient (Wildman–Crippen LogP) is 4.15. The number of carbonyl (C=O) groups is 1. The molecule has 1 aromatic rings. The van der Waals surface area contributed by atoms with Crippen LogP contribution in [0.5, 0.6) is 0 Å². The average Bonchev–Trinajstić information content (AvgIpc) is 2.16. The number of thioether (sulfide) groups is 1. The van der Waals surface area contributed by atoms with Crippen LogP contribution in [0.25, 0.3) is 0 Å². The maximum Gasteiger partial charge on any atom is 0.319 e. The molecule has 0 aromatic heterocycles. The molecule has 0 aliphatic rings. The summed E-state index contributed by atoms with van der Waals surface area (Å²) in [7, 11) is 0. The fourth-order valence-corrected chi connectivity index (χ4v) is 3.15. The molecule has 0 spiro atoms. The summed E-state index contributed by atoms with van der Waals surface area (Å²) < 4.78 is 5.83. The van der Waals surface area contributed by atoms with E-state index in [9.17, 15) is 4.79 Å². The van der Waals surface area contributed by atoms with E-state index in [2.05, 4.69) is 15.9 Å². The van der Waals surface area contributed by atoms with Crippen molar-refractivity contribution in [3.05, 3.63) is 27.7 Å². The number of hydrogen-bond donors (Lipinski definition) is 0. The standard InChI is InChI=1S/C11H12BrClO2S/c1-3-15-11(14)7(2)16-10-5-8(12)4-9(13)6-10/h4-7H,3H2,1-2H3. The van der Waals surface area contributed by atoms with Gasteiger partial charge in [-0.2, -0.15) is 0 Å². The molecule has 0 saturated heterocycles. The zero-order chi connectivity index (χ0) is 12.1. The van der Waals surface area contributed by atoms with Crippen molar-refractivity contribution in [3.63, 3.8) is 0 Å². The van der Waals surface area contributed by atoms with Crippen molar-refractivity contribution in [2.45, 2.75) is 24.0 Å². The van der Waals surface area contributed by atoms with E-state index < -0.39 is 0 Å². The zero-order valence-corrected chi connectivity index (χ0v) is 12.2. The lowest BCUT2D eigenvalue weighted by Crippen LogP contribution is -2.16. The second kappa shape index (κ2) is 6.52. The number of carbonyl (C=O) groups excluding carboxylic acids is 1. The minimum atomic E-state index is -0.231. The number of benzene rings is 1. The molecule has 16 heavy (non-hydrogen) atoms. The summed E-state index contributed by atoms with van der Waals surface area (Å²) in [5.74, 6) is -0.205. The summed E-state index contributed by atoms with van der Waals surface area (Å²) in [6.07, 6.45) is 0. The predicted molar refractivity (Wildman–Crippen MR) is 71.1 cm³/mol. The summed E-state index contributed by atoms with van der Waals surface area (Å²) in [6.45, 7) is 4.02. The van der Waals surface area contributed by atoms with Crippen LogP contribution in [0.1, 0.15) is 13.8 Å². The van der Waals surface area contributed by atoms with Crippen molar-refractivity contribution in [1.29, 1.82) is 0 Å². The second-order valence-electron chi connectivity index (χ2n) is 3.12. The Hall–Kier alpha value is -0.190. The molecular formula is C11H12BrClO2S.